The number of nitrogens with zero attached hydrogens (tertiary/aromatic N) is 2. The first kappa shape index (κ1) is 21.5. The molecule has 2 N–H and O–H groups in total. The molecule has 0 spiro atoms. The molecule has 0 aliphatic carbocycles. The van der Waals surface area contributed by atoms with Gasteiger partial charge in [0, 0.05) is 22.8 Å². The first-order valence-electron chi connectivity index (χ1n) is 8.12. The number of nitro groups is 1. The van der Waals surface area contributed by atoms with Crippen molar-refractivity contribution in [2.45, 2.75) is 24.2 Å². The van der Waals surface area contributed by atoms with E-state index in [1.165, 1.54) is 36.0 Å². The van der Waals surface area contributed by atoms with Gasteiger partial charge in [-0.15, -0.1) is 23.5 Å². The number of rotatable bonds is 6. The van der Waals surface area contributed by atoms with E-state index in [4.69, 9.17) is 10.5 Å². The van der Waals surface area contributed by atoms with E-state index < -0.39 is 40.1 Å². The third-order valence-electron chi connectivity index (χ3n) is 4.09. The molecule has 3 rings (SSSR count). The van der Waals surface area contributed by atoms with Crippen molar-refractivity contribution in [1.82, 2.24) is 4.90 Å². The lowest BCUT2D eigenvalue weighted by Crippen LogP contribution is -2.68. The molecule has 2 aliphatic rings. The lowest BCUT2D eigenvalue weighted by Gasteiger charge is -2.48. The molecule has 1 fully saturated rings. The number of thioether (sulfide) groups is 2. The average molecular weight is 449 g/mol. The van der Waals surface area contributed by atoms with E-state index in [0.29, 0.717) is 17.3 Å². The van der Waals surface area contributed by atoms with Gasteiger partial charge in [-0.1, -0.05) is 0 Å². The van der Waals surface area contributed by atoms with Crippen molar-refractivity contribution in [2.24, 2.45) is 5.73 Å². The molecule has 13 heteroatoms. The average Bonchev–Trinajstić information content (AvgIpc) is 2.68. The number of alkyl halides is 3. The maximum atomic E-state index is 12.6. The summed E-state index contributed by atoms with van der Waals surface area (Å²) in [4.78, 5) is 35.9. The normalized spacial score (nSPS) is 21.5. The van der Waals surface area contributed by atoms with Crippen molar-refractivity contribution in [1.29, 1.82) is 0 Å². The molecule has 156 valence electrons. The summed E-state index contributed by atoms with van der Waals surface area (Å²) in [5.74, 6) is -2.61. The van der Waals surface area contributed by atoms with E-state index in [1.807, 2.05) is 0 Å². The Kier molecular flexibility index (Phi) is 6.10. The Hall–Kier alpha value is -2.25. The number of fused-ring (bicyclic) bond motifs is 1. The Bertz CT molecular complexity index is 876. The van der Waals surface area contributed by atoms with Crippen LogP contribution in [0.4, 0.5) is 18.9 Å². The number of non-ortho nitro benzene ring substituents is 1. The summed E-state index contributed by atoms with van der Waals surface area (Å²) in [6, 6.07) is 4.43. The maximum absolute atomic E-state index is 12.6. The zero-order chi connectivity index (χ0) is 21.3. The van der Waals surface area contributed by atoms with Gasteiger partial charge in [0.2, 0.25) is 5.91 Å². The molecule has 29 heavy (non-hydrogen) atoms. The third-order valence-corrected chi connectivity index (χ3v) is 6.74. The summed E-state index contributed by atoms with van der Waals surface area (Å²) >= 11 is 1.62. The van der Waals surface area contributed by atoms with Crippen LogP contribution in [0.5, 0.6) is 0 Å². The molecule has 0 aromatic heterocycles. The van der Waals surface area contributed by atoms with Gasteiger partial charge < -0.3 is 10.5 Å². The molecular formula is C16H14F3N3O5S2. The van der Waals surface area contributed by atoms with Crippen molar-refractivity contribution >= 4 is 41.1 Å². The maximum Gasteiger partial charge on any atom is 0.398 e. The summed E-state index contributed by atoms with van der Waals surface area (Å²) in [5, 5.41) is 10.1. The Morgan fingerprint density at radius 1 is 1.38 bits per heavy atom. The second-order valence-corrected chi connectivity index (χ2v) is 8.29. The summed E-state index contributed by atoms with van der Waals surface area (Å²) in [6.45, 7) is -0.260. The highest BCUT2D eigenvalue weighted by Crippen LogP contribution is 2.44. The third kappa shape index (κ3) is 4.67. The highest BCUT2D eigenvalue weighted by atomic mass is 32.2. The molecule has 0 unspecified atom stereocenters. The minimum absolute atomic E-state index is 0.0949. The van der Waals surface area contributed by atoms with Crippen LogP contribution in [0.2, 0.25) is 0 Å². The van der Waals surface area contributed by atoms with Crippen LogP contribution < -0.4 is 5.73 Å². The quantitative estimate of drug-likeness (QED) is 0.305. The largest absolute Gasteiger partial charge is 0.456 e. The van der Waals surface area contributed by atoms with Gasteiger partial charge in [-0.25, -0.2) is 4.79 Å². The summed E-state index contributed by atoms with van der Waals surface area (Å²) in [7, 11) is 0. The lowest BCUT2D eigenvalue weighted by molar-refractivity contribution is -0.384. The van der Waals surface area contributed by atoms with Crippen LogP contribution in [0.15, 0.2) is 34.9 Å². The van der Waals surface area contributed by atoms with Crippen molar-refractivity contribution in [3.63, 3.8) is 0 Å². The standard InChI is InChI=1S/C16H14F3N3O5S2/c17-16(18,19)7-29-10-6-28-14-11(20)13(23)21(14)12(10)15(24)27-5-8-1-3-9(4-2-8)22(25)26/h1-4,11,14H,5-7,20H2/t11-,14+/m1/s1. The molecule has 0 bridgehead atoms. The molecule has 2 heterocycles. The number of carbonyl (C=O) groups excluding carboxylic acids is 2. The number of halogens is 3. The molecule has 0 radical (unpaired) electrons. The number of amides is 1. The zero-order valence-corrected chi connectivity index (χ0v) is 16.2. The summed E-state index contributed by atoms with van der Waals surface area (Å²) in [5.41, 5.74) is 5.79. The van der Waals surface area contributed by atoms with Crippen LogP contribution in [0, 0.1) is 10.1 Å². The molecule has 1 amide bonds. The van der Waals surface area contributed by atoms with E-state index in [2.05, 4.69) is 0 Å². The van der Waals surface area contributed by atoms with E-state index in [9.17, 15) is 32.9 Å². The van der Waals surface area contributed by atoms with Gasteiger partial charge in [-0.3, -0.25) is 19.8 Å². The van der Waals surface area contributed by atoms with Crippen molar-refractivity contribution in [3.8, 4) is 0 Å². The molecule has 8 nitrogen and oxygen atoms in total. The molecule has 1 aromatic carbocycles. The van der Waals surface area contributed by atoms with Gasteiger partial charge in [-0.05, 0) is 17.7 Å². The Labute approximate surface area is 170 Å². The molecule has 1 saturated heterocycles. The number of hydrogen-bond acceptors (Lipinski definition) is 8. The van der Waals surface area contributed by atoms with Gasteiger partial charge >= 0.3 is 12.1 Å². The predicted molar refractivity (Wildman–Crippen MR) is 99.5 cm³/mol. The van der Waals surface area contributed by atoms with E-state index in [1.54, 1.807) is 0 Å². The van der Waals surface area contributed by atoms with Gasteiger partial charge in [-0.2, -0.15) is 13.2 Å². The number of nitrogens with two attached hydrogens (primary N) is 1. The Balaban J connectivity index is 1.76. The van der Waals surface area contributed by atoms with Crippen LogP contribution in [0.1, 0.15) is 5.56 Å². The highest BCUT2D eigenvalue weighted by Gasteiger charge is 2.52. The first-order valence-corrected chi connectivity index (χ1v) is 10.2. The second kappa shape index (κ2) is 8.24. The SMILES string of the molecule is N[C@@H]1C(=O)N2C(C(=O)OCc3ccc([N+](=O)[O-])cc3)=C(SCC(F)(F)F)CS[C@@H]12. The van der Waals surface area contributed by atoms with Crippen molar-refractivity contribution in [2.75, 3.05) is 11.5 Å². The van der Waals surface area contributed by atoms with E-state index in [0.717, 1.165) is 4.90 Å². The van der Waals surface area contributed by atoms with E-state index in [-0.39, 0.29) is 28.6 Å². The van der Waals surface area contributed by atoms with Gasteiger partial charge in [0.1, 0.15) is 23.7 Å². The number of ether oxygens (including phenoxy) is 1. The van der Waals surface area contributed by atoms with Crippen LogP contribution >= 0.6 is 23.5 Å². The molecular weight excluding hydrogens is 435 g/mol. The number of β-lactam (4-membered cyclic amide) rings is 1. The molecule has 2 atom stereocenters. The topological polar surface area (TPSA) is 116 Å². The fourth-order valence-corrected chi connectivity index (χ4v) is 5.02. The number of benzene rings is 1. The fourth-order valence-electron chi connectivity index (χ4n) is 2.69. The number of esters is 1. The van der Waals surface area contributed by atoms with Crippen molar-refractivity contribution in [3.05, 3.63) is 50.5 Å². The fraction of sp³-hybridized carbons (Fsp3) is 0.375. The van der Waals surface area contributed by atoms with Crippen LogP contribution in [0.25, 0.3) is 0 Å². The van der Waals surface area contributed by atoms with Gasteiger partial charge in [0.25, 0.3) is 5.69 Å². The van der Waals surface area contributed by atoms with Gasteiger partial charge in [0.15, 0.2) is 0 Å². The first-order chi connectivity index (χ1) is 13.6. The summed E-state index contributed by atoms with van der Waals surface area (Å²) < 4.78 is 43.0. The lowest BCUT2D eigenvalue weighted by atomic mass is 10.1. The van der Waals surface area contributed by atoms with Crippen LogP contribution in [-0.2, 0) is 20.9 Å². The number of carbonyl (C=O) groups is 2. The monoisotopic (exact) mass is 449 g/mol. The predicted octanol–water partition coefficient (Wildman–Crippen LogP) is 2.39. The smallest absolute Gasteiger partial charge is 0.398 e. The number of nitro benzene ring substituents is 1. The Morgan fingerprint density at radius 3 is 2.62 bits per heavy atom. The van der Waals surface area contributed by atoms with E-state index >= 15 is 0 Å². The van der Waals surface area contributed by atoms with Crippen LogP contribution in [0.3, 0.4) is 0 Å². The minimum Gasteiger partial charge on any atom is -0.456 e. The molecule has 1 aromatic rings. The number of hydrogen-bond donors (Lipinski definition) is 1. The second-order valence-electron chi connectivity index (χ2n) is 6.11. The van der Waals surface area contributed by atoms with Gasteiger partial charge in [0.05, 0.1) is 10.7 Å². The molecule has 0 saturated carbocycles. The van der Waals surface area contributed by atoms with Crippen molar-refractivity contribution < 1.29 is 32.4 Å². The Morgan fingerprint density at radius 2 is 2.03 bits per heavy atom. The minimum atomic E-state index is -4.44. The summed E-state index contributed by atoms with van der Waals surface area (Å²) in [6.07, 6.45) is -4.44. The molecule has 2 aliphatic heterocycles. The van der Waals surface area contributed by atoms with Crippen LogP contribution in [-0.4, -0.2) is 50.8 Å². The highest BCUT2D eigenvalue weighted by molar-refractivity contribution is 8.06. The zero-order valence-electron chi connectivity index (χ0n) is 14.5.